The Labute approximate surface area is 114 Å². The highest BCUT2D eigenvalue weighted by Crippen LogP contribution is 2.17. The van der Waals surface area contributed by atoms with Gasteiger partial charge in [0.05, 0.1) is 6.04 Å². The van der Waals surface area contributed by atoms with Crippen LogP contribution in [-0.2, 0) is 9.53 Å². The maximum Gasteiger partial charge on any atom is 0.407 e. The molecule has 4 N–H and O–H groups in total. The first kappa shape index (κ1) is 17.7. The van der Waals surface area contributed by atoms with Gasteiger partial charge in [0.2, 0.25) is 0 Å². The molecule has 6 nitrogen and oxygen atoms in total. The predicted octanol–water partition coefficient (Wildman–Crippen LogP) is 1.31. The fraction of sp³-hybridized carbons (Fsp3) is 0.846. The Bertz CT molecular complexity index is 321. The number of nitrogens with two attached hydrogens (primary N) is 1. The molecule has 0 spiro atoms. The van der Waals surface area contributed by atoms with Crippen molar-refractivity contribution in [2.75, 3.05) is 0 Å². The lowest BCUT2D eigenvalue weighted by molar-refractivity contribution is -0.137. The molecule has 0 heterocycles. The van der Waals surface area contributed by atoms with Crippen molar-refractivity contribution in [1.82, 2.24) is 5.32 Å². The smallest absolute Gasteiger partial charge is 0.407 e. The highest BCUT2D eigenvalue weighted by atomic mass is 16.6. The zero-order chi connectivity index (χ0) is 15.3. The molecule has 0 aliphatic rings. The number of primary amides is 1. The van der Waals surface area contributed by atoms with Gasteiger partial charge >= 0.3 is 6.09 Å². The highest BCUT2D eigenvalue weighted by Gasteiger charge is 2.39. The number of aliphatic hydroxyl groups is 1. The summed E-state index contributed by atoms with van der Waals surface area (Å²) >= 11 is 0. The number of nitrogens with one attached hydrogen (secondary N) is 1. The van der Waals surface area contributed by atoms with E-state index in [4.69, 9.17) is 10.5 Å². The number of hydrogen-bond donors (Lipinski definition) is 3. The van der Waals surface area contributed by atoms with Gasteiger partial charge in [0.25, 0.3) is 5.91 Å². The van der Waals surface area contributed by atoms with Crippen LogP contribution in [0.4, 0.5) is 4.79 Å². The second-order valence-corrected chi connectivity index (χ2v) is 5.85. The SMILES string of the molecule is CCCC[C@H](NC(=O)OC(C)(C)C)C(C)(O)C(N)=O. The van der Waals surface area contributed by atoms with E-state index in [2.05, 4.69) is 5.32 Å². The molecule has 0 fully saturated rings. The molecule has 0 aromatic heterocycles. The minimum absolute atomic E-state index is 0.450. The average Bonchev–Trinajstić information content (AvgIpc) is 2.20. The second-order valence-electron chi connectivity index (χ2n) is 5.85. The zero-order valence-electron chi connectivity index (χ0n) is 12.4. The van der Waals surface area contributed by atoms with E-state index in [0.717, 1.165) is 12.8 Å². The Morgan fingerprint density at radius 1 is 1.32 bits per heavy atom. The topological polar surface area (TPSA) is 102 Å². The molecule has 1 unspecified atom stereocenters. The first-order valence-electron chi connectivity index (χ1n) is 6.52. The number of amides is 2. The maximum atomic E-state index is 11.7. The van der Waals surface area contributed by atoms with Crippen LogP contribution >= 0.6 is 0 Å². The summed E-state index contributed by atoms with van der Waals surface area (Å²) in [5.74, 6) is -0.871. The third-order valence-corrected chi connectivity index (χ3v) is 2.71. The summed E-state index contributed by atoms with van der Waals surface area (Å²) in [6.45, 7) is 8.48. The first-order valence-corrected chi connectivity index (χ1v) is 6.52. The van der Waals surface area contributed by atoms with E-state index in [1.807, 2.05) is 6.92 Å². The summed E-state index contributed by atoms with van der Waals surface area (Å²) in [6, 6.07) is -0.764. The van der Waals surface area contributed by atoms with Crippen LogP contribution in [0.15, 0.2) is 0 Å². The van der Waals surface area contributed by atoms with Gasteiger partial charge in [-0.2, -0.15) is 0 Å². The van der Waals surface area contributed by atoms with Crippen LogP contribution in [0.5, 0.6) is 0 Å². The van der Waals surface area contributed by atoms with Crippen LogP contribution in [0.1, 0.15) is 53.9 Å². The van der Waals surface area contributed by atoms with Gasteiger partial charge in [-0.25, -0.2) is 4.79 Å². The van der Waals surface area contributed by atoms with Crippen molar-refractivity contribution in [3.8, 4) is 0 Å². The molecule has 0 radical (unpaired) electrons. The molecule has 0 rings (SSSR count). The predicted molar refractivity (Wildman–Crippen MR) is 72.5 cm³/mol. The molecule has 0 saturated carbocycles. The van der Waals surface area contributed by atoms with Crippen LogP contribution in [-0.4, -0.2) is 34.4 Å². The molecule has 112 valence electrons. The van der Waals surface area contributed by atoms with E-state index in [1.54, 1.807) is 20.8 Å². The molecular formula is C13H26N2O4. The van der Waals surface area contributed by atoms with Gasteiger partial charge in [-0.05, 0) is 34.1 Å². The molecule has 0 aromatic rings. The Morgan fingerprint density at radius 3 is 2.21 bits per heavy atom. The van der Waals surface area contributed by atoms with Gasteiger partial charge in [-0.1, -0.05) is 19.8 Å². The number of hydrogen-bond acceptors (Lipinski definition) is 4. The molecule has 0 saturated heterocycles. The second kappa shape index (κ2) is 6.75. The molecule has 0 bridgehead atoms. The quantitative estimate of drug-likeness (QED) is 0.679. The monoisotopic (exact) mass is 274 g/mol. The molecule has 2 atom stereocenters. The largest absolute Gasteiger partial charge is 0.444 e. The van der Waals surface area contributed by atoms with Crippen molar-refractivity contribution in [1.29, 1.82) is 0 Å². The van der Waals surface area contributed by atoms with E-state index in [1.165, 1.54) is 6.92 Å². The van der Waals surface area contributed by atoms with Crippen molar-refractivity contribution in [2.45, 2.75) is 71.1 Å². The molecule has 2 amide bonds. The highest BCUT2D eigenvalue weighted by molar-refractivity contribution is 5.84. The fourth-order valence-electron chi connectivity index (χ4n) is 1.52. The summed E-state index contributed by atoms with van der Waals surface area (Å²) in [6.07, 6.45) is 1.41. The van der Waals surface area contributed by atoms with E-state index in [9.17, 15) is 14.7 Å². The molecule has 0 aliphatic carbocycles. The Kier molecular flexibility index (Phi) is 6.29. The standard InChI is InChI=1S/C13H26N2O4/c1-6-7-8-9(13(5,18)10(14)16)15-11(17)19-12(2,3)4/h9,18H,6-8H2,1-5H3,(H2,14,16)(H,15,17)/t9-,13?/m0/s1. The summed E-state index contributed by atoms with van der Waals surface area (Å²) in [5.41, 5.74) is 2.72. The van der Waals surface area contributed by atoms with Crippen LogP contribution < -0.4 is 11.1 Å². The number of unbranched alkanes of at least 4 members (excludes halogenated alkanes) is 1. The van der Waals surface area contributed by atoms with Gasteiger partial charge < -0.3 is 20.9 Å². The molecule has 0 aromatic carbocycles. The number of carbonyl (C=O) groups is 2. The van der Waals surface area contributed by atoms with Gasteiger partial charge in [-0.3, -0.25) is 4.79 Å². The van der Waals surface area contributed by atoms with Crippen LogP contribution in [0.2, 0.25) is 0 Å². The lowest BCUT2D eigenvalue weighted by atomic mass is 9.91. The number of ether oxygens (including phenoxy) is 1. The molecule has 0 aliphatic heterocycles. The van der Waals surface area contributed by atoms with Crippen molar-refractivity contribution >= 4 is 12.0 Å². The summed E-state index contributed by atoms with van der Waals surface area (Å²) in [7, 11) is 0. The third kappa shape index (κ3) is 6.42. The minimum Gasteiger partial charge on any atom is -0.444 e. The van der Waals surface area contributed by atoms with Gasteiger partial charge in [-0.15, -0.1) is 0 Å². The van der Waals surface area contributed by atoms with Gasteiger partial charge in [0, 0.05) is 0 Å². The molecule has 6 heteroatoms. The van der Waals surface area contributed by atoms with E-state index in [0.29, 0.717) is 6.42 Å². The lowest BCUT2D eigenvalue weighted by Crippen LogP contribution is -2.58. The summed E-state index contributed by atoms with van der Waals surface area (Å²) in [4.78, 5) is 23.0. The lowest BCUT2D eigenvalue weighted by Gasteiger charge is -2.31. The van der Waals surface area contributed by atoms with Crippen molar-refractivity contribution < 1.29 is 19.4 Å². The number of rotatable bonds is 6. The summed E-state index contributed by atoms with van der Waals surface area (Å²) in [5, 5.41) is 12.6. The molecule has 19 heavy (non-hydrogen) atoms. The van der Waals surface area contributed by atoms with E-state index >= 15 is 0 Å². The van der Waals surface area contributed by atoms with Gasteiger partial charge in [0.15, 0.2) is 5.60 Å². The Morgan fingerprint density at radius 2 is 1.84 bits per heavy atom. The van der Waals surface area contributed by atoms with E-state index < -0.39 is 29.2 Å². The zero-order valence-corrected chi connectivity index (χ0v) is 12.4. The number of carbonyl (C=O) groups excluding carboxylic acids is 2. The third-order valence-electron chi connectivity index (χ3n) is 2.71. The van der Waals surface area contributed by atoms with Crippen molar-refractivity contribution in [3.63, 3.8) is 0 Å². The van der Waals surface area contributed by atoms with Crippen molar-refractivity contribution in [2.24, 2.45) is 5.73 Å². The fourth-order valence-corrected chi connectivity index (χ4v) is 1.52. The normalized spacial score (nSPS) is 16.3. The Hall–Kier alpha value is -1.30. The maximum absolute atomic E-state index is 11.7. The number of alkyl carbamates (subject to hydrolysis) is 1. The van der Waals surface area contributed by atoms with E-state index in [-0.39, 0.29) is 0 Å². The van der Waals surface area contributed by atoms with Crippen LogP contribution in [0.25, 0.3) is 0 Å². The first-order chi connectivity index (χ1) is 8.50. The summed E-state index contributed by atoms with van der Waals surface area (Å²) < 4.78 is 5.11. The average molecular weight is 274 g/mol. The minimum atomic E-state index is -1.80. The van der Waals surface area contributed by atoms with Gasteiger partial charge in [0.1, 0.15) is 5.60 Å². The van der Waals surface area contributed by atoms with Crippen LogP contribution in [0.3, 0.4) is 0 Å². The van der Waals surface area contributed by atoms with Crippen LogP contribution in [0, 0.1) is 0 Å². The molecular weight excluding hydrogens is 248 g/mol. The Balaban J connectivity index is 4.78. The van der Waals surface area contributed by atoms with Crippen molar-refractivity contribution in [3.05, 3.63) is 0 Å².